The molecular formula is C18H18N2. The van der Waals surface area contributed by atoms with Crippen LogP contribution in [0.2, 0.25) is 0 Å². The van der Waals surface area contributed by atoms with Crippen LogP contribution in [0.4, 0.5) is 11.4 Å². The second kappa shape index (κ2) is 4.64. The quantitative estimate of drug-likeness (QED) is 0.803. The molecule has 2 nitrogen and oxygen atoms in total. The van der Waals surface area contributed by atoms with Gasteiger partial charge >= 0.3 is 0 Å². The summed E-state index contributed by atoms with van der Waals surface area (Å²) in [7, 11) is 0. The van der Waals surface area contributed by atoms with Crippen LogP contribution >= 0.6 is 0 Å². The number of allylic oxidation sites excluding steroid dienone is 1. The van der Waals surface area contributed by atoms with E-state index >= 15 is 0 Å². The van der Waals surface area contributed by atoms with E-state index in [9.17, 15) is 0 Å². The topological polar surface area (TPSA) is 38.4 Å². The van der Waals surface area contributed by atoms with Crippen molar-refractivity contribution in [1.29, 1.82) is 0 Å². The largest absolute Gasteiger partial charge is 0.398 e. The summed E-state index contributed by atoms with van der Waals surface area (Å²) < 4.78 is 0. The summed E-state index contributed by atoms with van der Waals surface area (Å²) in [6.07, 6.45) is 4.19. The minimum atomic E-state index is -0.147. The van der Waals surface area contributed by atoms with Crippen molar-refractivity contribution in [2.75, 3.05) is 5.73 Å². The number of rotatable bonds is 2. The highest BCUT2D eigenvalue weighted by Crippen LogP contribution is 2.43. The molecule has 20 heavy (non-hydrogen) atoms. The zero-order valence-electron chi connectivity index (χ0n) is 11.8. The Morgan fingerprint density at radius 3 is 2.40 bits per heavy atom. The Balaban J connectivity index is 1.98. The molecule has 0 atom stereocenters. The van der Waals surface area contributed by atoms with Crippen LogP contribution in [0.1, 0.15) is 25.0 Å². The van der Waals surface area contributed by atoms with Crippen LogP contribution in [-0.4, -0.2) is 5.71 Å². The van der Waals surface area contributed by atoms with Gasteiger partial charge in [0, 0.05) is 16.7 Å². The summed E-state index contributed by atoms with van der Waals surface area (Å²) in [5, 5.41) is 0. The lowest BCUT2D eigenvalue weighted by Gasteiger charge is -2.21. The predicted molar refractivity (Wildman–Crippen MR) is 86.5 cm³/mol. The van der Waals surface area contributed by atoms with Crippen LogP contribution in [-0.2, 0) is 5.41 Å². The molecule has 0 amide bonds. The number of aliphatic imine (C=N–C) groups is 1. The first-order valence-electron chi connectivity index (χ1n) is 6.80. The molecule has 3 rings (SSSR count). The fourth-order valence-corrected chi connectivity index (χ4v) is 2.71. The van der Waals surface area contributed by atoms with E-state index in [1.165, 1.54) is 5.56 Å². The van der Waals surface area contributed by atoms with Crippen LogP contribution in [0, 0.1) is 0 Å². The highest BCUT2D eigenvalue weighted by atomic mass is 14.8. The Morgan fingerprint density at radius 1 is 0.950 bits per heavy atom. The van der Waals surface area contributed by atoms with Gasteiger partial charge < -0.3 is 5.73 Å². The fourth-order valence-electron chi connectivity index (χ4n) is 2.71. The molecule has 0 aromatic heterocycles. The standard InChI is InChI=1S/C18H18N2/c1-18(2)16(12-11-13-7-4-3-5-8-13)20-15-10-6-9-14(19)17(15)18/h3-12H,19H2,1-2H3. The predicted octanol–water partition coefficient (Wildman–Crippen LogP) is 4.35. The van der Waals surface area contributed by atoms with Gasteiger partial charge in [0.15, 0.2) is 0 Å². The molecule has 2 heteroatoms. The van der Waals surface area contributed by atoms with Gasteiger partial charge in [-0.1, -0.05) is 42.5 Å². The van der Waals surface area contributed by atoms with E-state index in [1.54, 1.807) is 0 Å². The zero-order chi connectivity index (χ0) is 14.2. The molecule has 2 aromatic rings. The molecule has 0 spiro atoms. The summed E-state index contributed by atoms with van der Waals surface area (Å²) in [6, 6.07) is 16.2. The average molecular weight is 262 g/mol. The SMILES string of the molecule is CC1(C)C(C=Cc2ccccc2)=Nc2cccc(N)c21. The number of nitrogens with zero attached hydrogens (tertiary/aromatic N) is 1. The Morgan fingerprint density at radius 2 is 1.70 bits per heavy atom. The zero-order valence-corrected chi connectivity index (χ0v) is 11.8. The first kappa shape index (κ1) is 12.7. The molecule has 0 bridgehead atoms. The third kappa shape index (κ3) is 2.03. The number of hydrogen-bond donors (Lipinski definition) is 1. The molecule has 1 aliphatic rings. The van der Waals surface area contributed by atoms with E-state index in [4.69, 9.17) is 10.7 Å². The van der Waals surface area contributed by atoms with Crippen LogP contribution in [0.3, 0.4) is 0 Å². The average Bonchev–Trinajstić information content (AvgIpc) is 2.70. The molecule has 2 aromatic carbocycles. The molecular weight excluding hydrogens is 244 g/mol. The Labute approximate surface area is 119 Å². The minimum absolute atomic E-state index is 0.147. The van der Waals surface area contributed by atoms with E-state index in [2.05, 4.69) is 38.1 Å². The number of fused-ring (bicyclic) bond motifs is 1. The van der Waals surface area contributed by atoms with Crippen molar-refractivity contribution in [3.63, 3.8) is 0 Å². The summed E-state index contributed by atoms with van der Waals surface area (Å²) in [5.41, 5.74) is 11.1. The Kier molecular flexibility index (Phi) is 2.94. The minimum Gasteiger partial charge on any atom is -0.398 e. The van der Waals surface area contributed by atoms with Gasteiger partial charge in [-0.3, -0.25) is 4.99 Å². The maximum absolute atomic E-state index is 6.12. The van der Waals surface area contributed by atoms with E-state index in [0.29, 0.717) is 0 Å². The van der Waals surface area contributed by atoms with Gasteiger partial charge in [-0.2, -0.15) is 0 Å². The molecule has 1 heterocycles. The van der Waals surface area contributed by atoms with Gasteiger partial charge in [0.2, 0.25) is 0 Å². The lowest BCUT2D eigenvalue weighted by molar-refractivity contribution is 0.743. The van der Waals surface area contributed by atoms with E-state index in [1.807, 2.05) is 36.4 Å². The fraction of sp³-hybridized carbons (Fsp3) is 0.167. The number of benzene rings is 2. The van der Waals surface area contributed by atoms with Crippen LogP contribution in [0.25, 0.3) is 6.08 Å². The van der Waals surface area contributed by atoms with Crippen molar-refractivity contribution in [2.45, 2.75) is 19.3 Å². The van der Waals surface area contributed by atoms with Crippen molar-refractivity contribution in [3.8, 4) is 0 Å². The Hall–Kier alpha value is -2.35. The molecule has 2 N–H and O–H groups in total. The van der Waals surface area contributed by atoms with Gasteiger partial charge in [-0.15, -0.1) is 0 Å². The van der Waals surface area contributed by atoms with Crippen LogP contribution in [0.15, 0.2) is 59.6 Å². The van der Waals surface area contributed by atoms with Gasteiger partial charge in [0.1, 0.15) is 0 Å². The number of anilines is 1. The third-order valence-corrected chi connectivity index (χ3v) is 3.81. The number of nitrogen functional groups attached to an aromatic ring is 1. The first-order valence-corrected chi connectivity index (χ1v) is 6.80. The lowest BCUT2D eigenvalue weighted by Crippen LogP contribution is -2.24. The van der Waals surface area contributed by atoms with E-state index in [-0.39, 0.29) is 5.41 Å². The smallest absolute Gasteiger partial charge is 0.0695 e. The monoisotopic (exact) mass is 262 g/mol. The first-order chi connectivity index (χ1) is 9.59. The molecule has 1 aliphatic heterocycles. The van der Waals surface area contributed by atoms with E-state index < -0.39 is 0 Å². The van der Waals surface area contributed by atoms with Gasteiger partial charge in [0.25, 0.3) is 0 Å². The molecule has 100 valence electrons. The van der Waals surface area contributed by atoms with Crippen molar-refractivity contribution in [3.05, 3.63) is 65.7 Å². The van der Waals surface area contributed by atoms with Gasteiger partial charge in [-0.25, -0.2) is 0 Å². The second-order valence-electron chi connectivity index (χ2n) is 5.61. The van der Waals surface area contributed by atoms with Crippen molar-refractivity contribution >= 4 is 23.2 Å². The summed E-state index contributed by atoms with van der Waals surface area (Å²) in [4.78, 5) is 4.73. The van der Waals surface area contributed by atoms with Crippen LogP contribution < -0.4 is 5.73 Å². The molecule has 0 fully saturated rings. The van der Waals surface area contributed by atoms with E-state index in [0.717, 1.165) is 22.6 Å². The van der Waals surface area contributed by atoms with Crippen LogP contribution in [0.5, 0.6) is 0 Å². The lowest BCUT2D eigenvalue weighted by atomic mass is 9.80. The normalized spacial score (nSPS) is 16.2. The van der Waals surface area contributed by atoms with Crippen molar-refractivity contribution < 1.29 is 0 Å². The second-order valence-corrected chi connectivity index (χ2v) is 5.61. The maximum atomic E-state index is 6.12. The van der Waals surface area contributed by atoms with Gasteiger partial charge in [-0.05, 0) is 37.6 Å². The summed E-state index contributed by atoms with van der Waals surface area (Å²) in [5.74, 6) is 0. The van der Waals surface area contributed by atoms with Crippen molar-refractivity contribution in [1.82, 2.24) is 0 Å². The Bertz CT molecular complexity index is 695. The highest BCUT2D eigenvalue weighted by Gasteiger charge is 2.35. The number of hydrogen-bond acceptors (Lipinski definition) is 2. The molecule has 0 saturated carbocycles. The highest BCUT2D eigenvalue weighted by molar-refractivity contribution is 6.11. The summed E-state index contributed by atoms with van der Waals surface area (Å²) >= 11 is 0. The molecule has 0 saturated heterocycles. The summed E-state index contributed by atoms with van der Waals surface area (Å²) in [6.45, 7) is 4.34. The molecule has 0 aliphatic carbocycles. The third-order valence-electron chi connectivity index (χ3n) is 3.81. The maximum Gasteiger partial charge on any atom is 0.0695 e. The molecule has 0 radical (unpaired) electrons. The van der Waals surface area contributed by atoms with Crippen molar-refractivity contribution in [2.24, 2.45) is 4.99 Å². The number of nitrogens with two attached hydrogens (primary N) is 1. The van der Waals surface area contributed by atoms with Gasteiger partial charge in [0.05, 0.1) is 11.4 Å². The molecule has 0 unspecified atom stereocenters.